The topological polar surface area (TPSA) is 84.8 Å². The number of nitrogens with one attached hydrogen (secondary N) is 1. The predicted octanol–water partition coefficient (Wildman–Crippen LogP) is 3.70. The highest BCUT2D eigenvalue weighted by molar-refractivity contribution is 7.92. The smallest absolute Gasteiger partial charge is 0.367 e. The Kier molecular flexibility index (Phi) is 4.49. The van der Waals surface area contributed by atoms with Gasteiger partial charge in [-0.1, -0.05) is 12.1 Å². The minimum Gasteiger partial charge on any atom is -0.367 e. The van der Waals surface area contributed by atoms with E-state index in [1.54, 1.807) is 0 Å². The Morgan fingerprint density at radius 1 is 1.03 bits per heavy atom. The average Bonchev–Trinajstić information content (AvgIpc) is 3.47. The lowest BCUT2D eigenvalue weighted by molar-refractivity contribution is -0.137. The molecule has 1 aliphatic rings. The molecule has 152 valence electrons. The summed E-state index contributed by atoms with van der Waals surface area (Å²) in [6.07, 6.45) is 2.46. The molecule has 4 rings (SSSR count). The van der Waals surface area contributed by atoms with Crippen LogP contribution in [0.1, 0.15) is 18.4 Å². The van der Waals surface area contributed by atoms with Crippen molar-refractivity contribution in [3.05, 3.63) is 48.4 Å². The Morgan fingerprint density at radius 3 is 2.21 bits per heavy atom. The molecule has 0 spiro atoms. The van der Waals surface area contributed by atoms with Crippen molar-refractivity contribution in [2.24, 2.45) is 0 Å². The molecule has 0 aliphatic heterocycles. The number of pyridine rings is 1. The molecule has 1 N–H and O–H groups in total. The molecule has 0 unspecified atom stereocenters. The number of hydrogen-bond acceptors (Lipinski definition) is 6. The van der Waals surface area contributed by atoms with E-state index >= 15 is 0 Å². The molecule has 3 aromatic rings. The summed E-state index contributed by atoms with van der Waals surface area (Å²) in [4.78, 5) is 12.9. The summed E-state index contributed by atoms with van der Waals surface area (Å²) in [7, 11) is -3.20. The van der Waals surface area contributed by atoms with E-state index in [0.29, 0.717) is 40.8 Å². The van der Waals surface area contributed by atoms with Gasteiger partial charge >= 0.3 is 6.18 Å². The molecule has 0 saturated heterocycles. The van der Waals surface area contributed by atoms with Gasteiger partial charge in [0.1, 0.15) is 11.0 Å². The summed E-state index contributed by atoms with van der Waals surface area (Å²) in [5.74, 6) is 0.388. The van der Waals surface area contributed by atoms with Crippen molar-refractivity contribution in [2.75, 3.05) is 18.1 Å². The lowest BCUT2D eigenvalue weighted by Crippen LogP contribution is -2.30. The number of sulfone groups is 1. The van der Waals surface area contributed by atoms with Crippen LogP contribution >= 0.6 is 0 Å². The quantitative estimate of drug-likeness (QED) is 0.675. The third kappa shape index (κ3) is 3.64. The summed E-state index contributed by atoms with van der Waals surface area (Å²) in [5.41, 5.74) is 1.22. The molecular formula is C19H17F3N4O2S. The lowest BCUT2D eigenvalue weighted by Gasteiger charge is -2.16. The van der Waals surface area contributed by atoms with Crippen LogP contribution in [0.25, 0.3) is 22.2 Å². The van der Waals surface area contributed by atoms with E-state index in [4.69, 9.17) is 0 Å². The van der Waals surface area contributed by atoms with Crippen molar-refractivity contribution in [3.63, 3.8) is 0 Å². The predicted molar refractivity (Wildman–Crippen MR) is 103 cm³/mol. The third-order valence-electron chi connectivity index (χ3n) is 5.20. The first-order valence-corrected chi connectivity index (χ1v) is 10.7. The number of aromatic nitrogens is 3. The van der Waals surface area contributed by atoms with Crippen LogP contribution in [0.3, 0.4) is 0 Å². The van der Waals surface area contributed by atoms with E-state index in [9.17, 15) is 21.6 Å². The third-order valence-corrected chi connectivity index (χ3v) is 7.32. The Bertz CT molecular complexity index is 1170. The summed E-state index contributed by atoms with van der Waals surface area (Å²) in [6, 6.07) is 4.74. The molecule has 2 aromatic heterocycles. The number of fused-ring (bicyclic) bond motifs is 1. The minimum absolute atomic E-state index is 0.212. The van der Waals surface area contributed by atoms with Gasteiger partial charge in [0.25, 0.3) is 0 Å². The Hall–Kier alpha value is -2.75. The molecule has 0 radical (unpaired) electrons. The van der Waals surface area contributed by atoms with E-state index in [2.05, 4.69) is 20.3 Å². The monoisotopic (exact) mass is 422 g/mol. The van der Waals surface area contributed by atoms with Crippen LogP contribution in [-0.4, -0.2) is 40.9 Å². The van der Waals surface area contributed by atoms with Crippen LogP contribution in [0.5, 0.6) is 0 Å². The molecular weight excluding hydrogens is 405 g/mol. The second kappa shape index (κ2) is 6.65. The van der Waals surface area contributed by atoms with Crippen LogP contribution in [0.4, 0.5) is 19.0 Å². The largest absolute Gasteiger partial charge is 0.416 e. The molecule has 2 heterocycles. The van der Waals surface area contributed by atoms with Crippen molar-refractivity contribution in [2.45, 2.75) is 23.8 Å². The fourth-order valence-electron chi connectivity index (χ4n) is 3.20. The highest BCUT2D eigenvalue weighted by Crippen LogP contribution is 2.43. The zero-order valence-corrected chi connectivity index (χ0v) is 16.2. The molecule has 1 fully saturated rings. The van der Waals surface area contributed by atoms with Crippen molar-refractivity contribution in [1.82, 2.24) is 15.0 Å². The molecule has 10 heteroatoms. The van der Waals surface area contributed by atoms with E-state index in [1.807, 2.05) is 0 Å². The van der Waals surface area contributed by atoms with Gasteiger partial charge in [0, 0.05) is 37.0 Å². The van der Waals surface area contributed by atoms with Gasteiger partial charge in [-0.3, -0.25) is 4.98 Å². The number of halogens is 3. The summed E-state index contributed by atoms with van der Waals surface area (Å²) >= 11 is 0. The number of benzene rings is 1. The van der Waals surface area contributed by atoms with Crippen LogP contribution in [0.15, 0.2) is 42.9 Å². The van der Waals surface area contributed by atoms with Gasteiger partial charge in [0.05, 0.1) is 10.3 Å². The minimum atomic E-state index is -4.41. The summed E-state index contributed by atoms with van der Waals surface area (Å²) in [5, 5.41) is 3.06. The zero-order valence-electron chi connectivity index (χ0n) is 15.4. The first kappa shape index (κ1) is 19.6. The van der Waals surface area contributed by atoms with Crippen LogP contribution < -0.4 is 5.32 Å². The maximum absolute atomic E-state index is 12.8. The highest BCUT2D eigenvalue weighted by Gasteiger charge is 2.51. The van der Waals surface area contributed by atoms with Gasteiger partial charge in [-0.05, 0) is 30.5 Å². The maximum Gasteiger partial charge on any atom is 0.416 e. The van der Waals surface area contributed by atoms with Gasteiger partial charge in [-0.2, -0.15) is 13.2 Å². The summed E-state index contributed by atoms with van der Waals surface area (Å²) < 4.78 is 61.6. The van der Waals surface area contributed by atoms with Crippen molar-refractivity contribution in [1.29, 1.82) is 0 Å². The summed E-state index contributed by atoms with van der Waals surface area (Å²) in [6.45, 7) is 0.212. The molecule has 6 nitrogen and oxygen atoms in total. The van der Waals surface area contributed by atoms with Crippen LogP contribution in [0.2, 0.25) is 0 Å². The molecule has 0 atom stereocenters. The molecule has 0 amide bonds. The Balaban J connectivity index is 1.69. The van der Waals surface area contributed by atoms with Crippen LogP contribution in [0, 0.1) is 0 Å². The van der Waals surface area contributed by atoms with E-state index < -0.39 is 26.3 Å². The number of hydrogen-bond donors (Lipinski definition) is 1. The Labute approximate surface area is 165 Å². The second-order valence-corrected chi connectivity index (χ2v) is 9.57. The molecule has 0 bridgehead atoms. The molecule has 1 saturated carbocycles. The van der Waals surface area contributed by atoms with Crippen LogP contribution in [-0.2, 0) is 16.0 Å². The second-order valence-electron chi connectivity index (χ2n) is 7.16. The molecule has 1 aromatic carbocycles. The number of anilines is 1. The van der Waals surface area contributed by atoms with Crippen molar-refractivity contribution in [3.8, 4) is 11.1 Å². The van der Waals surface area contributed by atoms with Crippen molar-refractivity contribution < 1.29 is 21.6 Å². The molecule has 1 aliphatic carbocycles. The SMILES string of the molecule is CS(=O)(=O)C1(CNc2ncc(-c3ccc(C(F)(F)F)cc3)c3nccnc23)CC1. The average molecular weight is 422 g/mol. The first-order valence-electron chi connectivity index (χ1n) is 8.82. The highest BCUT2D eigenvalue weighted by atomic mass is 32.2. The number of alkyl halides is 3. The van der Waals surface area contributed by atoms with Gasteiger partial charge in [0.2, 0.25) is 0 Å². The normalized spacial score (nSPS) is 16.0. The van der Waals surface area contributed by atoms with E-state index in [1.165, 1.54) is 37.0 Å². The first-order chi connectivity index (χ1) is 13.6. The fraction of sp³-hybridized carbons (Fsp3) is 0.316. The molecule has 29 heavy (non-hydrogen) atoms. The lowest BCUT2D eigenvalue weighted by atomic mass is 10.0. The van der Waals surface area contributed by atoms with E-state index in [0.717, 1.165) is 12.1 Å². The van der Waals surface area contributed by atoms with E-state index in [-0.39, 0.29) is 6.54 Å². The fourth-order valence-corrected chi connectivity index (χ4v) is 4.38. The van der Waals surface area contributed by atoms with Gasteiger partial charge in [-0.25, -0.2) is 18.4 Å². The zero-order chi connectivity index (χ0) is 20.9. The number of rotatable bonds is 5. The maximum atomic E-state index is 12.8. The Morgan fingerprint density at radius 2 is 1.66 bits per heavy atom. The number of nitrogens with zero attached hydrogens (tertiary/aromatic N) is 3. The van der Waals surface area contributed by atoms with Crippen molar-refractivity contribution >= 4 is 26.7 Å². The van der Waals surface area contributed by atoms with Gasteiger partial charge in [-0.15, -0.1) is 0 Å². The van der Waals surface area contributed by atoms with Gasteiger partial charge < -0.3 is 5.32 Å². The standard InChI is InChI=1S/C19H17F3N4O2S/c1-29(27,28)18(6-7-18)11-26-17-16-15(23-8-9-24-16)14(10-25-17)12-2-4-13(5-3-12)19(20,21)22/h2-5,8-10H,6-7,11H2,1H3,(H,25,26). The van der Waals surface area contributed by atoms with Gasteiger partial charge in [0.15, 0.2) is 15.7 Å².